The van der Waals surface area contributed by atoms with Gasteiger partial charge in [-0.3, -0.25) is 4.79 Å². The van der Waals surface area contributed by atoms with Gasteiger partial charge in [0.2, 0.25) is 5.91 Å². The predicted octanol–water partition coefficient (Wildman–Crippen LogP) is 3.12. The average Bonchev–Trinajstić information content (AvgIpc) is 3.19. The Morgan fingerprint density at radius 3 is 2.36 bits per heavy atom. The zero-order chi connectivity index (χ0) is 18.4. The number of amides is 1. The lowest BCUT2D eigenvalue weighted by Crippen LogP contribution is -2.35. The van der Waals surface area contributed by atoms with Crippen molar-refractivity contribution in [1.29, 1.82) is 0 Å². The maximum Gasteiger partial charge on any atom is 0.225 e. The molecule has 2 unspecified atom stereocenters. The Morgan fingerprint density at radius 2 is 1.71 bits per heavy atom. The van der Waals surface area contributed by atoms with Crippen molar-refractivity contribution in [3.63, 3.8) is 0 Å². The lowest BCUT2D eigenvalue weighted by Gasteiger charge is -2.20. The first-order valence-corrected chi connectivity index (χ1v) is 8.62. The number of hydrogen-bond acceptors (Lipinski definition) is 4. The molecule has 2 atom stereocenters. The number of hydrogen-bond donors (Lipinski definition) is 2. The number of nitrogens with one attached hydrogen (secondary N) is 1. The minimum atomic E-state index is -0.332. The van der Waals surface area contributed by atoms with Gasteiger partial charge < -0.3 is 11.1 Å². The van der Waals surface area contributed by atoms with Crippen LogP contribution in [-0.2, 0) is 17.9 Å². The highest BCUT2D eigenvalue weighted by Gasteiger charge is 2.22. The molecule has 0 aliphatic rings. The van der Waals surface area contributed by atoms with E-state index in [1.807, 2.05) is 61.5 Å². The molecule has 0 saturated carbocycles. The summed E-state index contributed by atoms with van der Waals surface area (Å²) in [5.74, 6) is -0.378. The quantitative estimate of drug-likeness (QED) is 0.613. The molecule has 0 saturated heterocycles. The van der Waals surface area contributed by atoms with Gasteiger partial charge >= 0.3 is 0 Å². The summed E-state index contributed by atoms with van der Waals surface area (Å²) in [6.45, 7) is 2.93. The molecule has 150 valence electrons. The van der Waals surface area contributed by atoms with E-state index in [1.54, 1.807) is 11.0 Å². The molecule has 6 nitrogen and oxygen atoms in total. The number of aromatic nitrogens is 3. The van der Waals surface area contributed by atoms with Gasteiger partial charge in [-0.2, -0.15) is 5.10 Å². The van der Waals surface area contributed by atoms with E-state index >= 15 is 0 Å². The predicted molar refractivity (Wildman–Crippen MR) is 114 cm³/mol. The molecule has 8 heteroatoms. The normalized spacial score (nSPS) is 12.2. The fraction of sp³-hybridized carbons (Fsp3) is 0.250. The summed E-state index contributed by atoms with van der Waals surface area (Å²) in [7, 11) is 0. The van der Waals surface area contributed by atoms with Gasteiger partial charge in [0.05, 0.1) is 12.5 Å². The Bertz CT molecular complexity index is 843. The highest BCUT2D eigenvalue weighted by atomic mass is 35.5. The van der Waals surface area contributed by atoms with Gasteiger partial charge in [0.25, 0.3) is 0 Å². The third kappa shape index (κ3) is 6.05. The van der Waals surface area contributed by atoms with Gasteiger partial charge in [0.15, 0.2) is 0 Å². The summed E-state index contributed by atoms with van der Waals surface area (Å²) in [5, 5.41) is 7.14. The van der Waals surface area contributed by atoms with Gasteiger partial charge in [0, 0.05) is 12.6 Å². The summed E-state index contributed by atoms with van der Waals surface area (Å²) in [6, 6.07) is 17.3. The first-order chi connectivity index (χ1) is 12.6. The topological polar surface area (TPSA) is 85.8 Å². The third-order valence-electron chi connectivity index (χ3n) is 4.51. The van der Waals surface area contributed by atoms with Gasteiger partial charge in [-0.05, 0) is 16.7 Å². The van der Waals surface area contributed by atoms with Crippen LogP contribution in [0.1, 0.15) is 29.7 Å². The summed E-state index contributed by atoms with van der Waals surface area (Å²) >= 11 is 0. The van der Waals surface area contributed by atoms with Crippen molar-refractivity contribution in [1.82, 2.24) is 20.1 Å². The Labute approximate surface area is 177 Å². The van der Waals surface area contributed by atoms with Crippen molar-refractivity contribution in [2.24, 2.45) is 11.7 Å². The number of carbonyl (C=O) groups excluding carboxylic acids is 1. The number of nitrogens with zero attached hydrogens (tertiary/aromatic N) is 3. The molecular formula is C20H25Cl2N5O. The van der Waals surface area contributed by atoms with Crippen molar-refractivity contribution in [2.75, 3.05) is 0 Å². The zero-order valence-electron chi connectivity index (χ0n) is 15.6. The molecule has 0 bridgehead atoms. The molecule has 1 heterocycles. The number of carbonyl (C=O) groups is 1. The zero-order valence-corrected chi connectivity index (χ0v) is 17.2. The Kier molecular flexibility index (Phi) is 9.65. The monoisotopic (exact) mass is 421 g/mol. The van der Waals surface area contributed by atoms with E-state index in [9.17, 15) is 4.79 Å². The summed E-state index contributed by atoms with van der Waals surface area (Å²) in [6.07, 6.45) is 3.19. The minimum absolute atomic E-state index is 0. The number of halogens is 2. The Hall–Kier alpha value is -2.41. The van der Waals surface area contributed by atoms with E-state index < -0.39 is 0 Å². The van der Waals surface area contributed by atoms with E-state index in [4.69, 9.17) is 5.73 Å². The van der Waals surface area contributed by atoms with Crippen molar-refractivity contribution in [3.05, 3.63) is 83.9 Å². The lowest BCUT2D eigenvalue weighted by atomic mass is 9.94. The maximum absolute atomic E-state index is 12.5. The fourth-order valence-corrected chi connectivity index (χ4v) is 2.84. The van der Waals surface area contributed by atoms with Crippen molar-refractivity contribution in [3.8, 4) is 0 Å². The van der Waals surface area contributed by atoms with Crippen LogP contribution in [0.25, 0.3) is 0 Å². The van der Waals surface area contributed by atoms with E-state index in [2.05, 4.69) is 15.4 Å². The molecule has 0 fully saturated rings. The van der Waals surface area contributed by atoms with Crippen LogP contribution in [0.5, 0.6) is 0 Å². The van der Waals surface area contributed by atoms with E-state index in [-0.39, 0.29) is 42.7 Å². The average molecular weight is 422 g/mol. The van der Waals surface area contributed by atoms with Gasteiger partial charge in [-0.25, -0.2) is 9.67 Å². The second-order valence-corrected chi connectivity index (χ2v) is 6.30. The van der Waals surface area contributed by atoms with Crippen LogP contribution >= 0.6 is 24.8 Å². The Morgan fingerprint density at radius 1 is 1.07 bits per heavy atom. The first kappa shape index (κ1) is 23.6. The van der Waals surface area contributed by atoms with E-state index in [1.165, 1.54) is 6.33 Å². The fourth-order valence-electron chi connectivity index (χ4n) is 2.84. The second kappa shape index (κ2) is 11.4. The van der Waals surface area contributed by atoms with E-state index in [0.717, 1.165) is 16.7 Å². The van der Waals surface area contributed by atoms with Crippen LogP contribution in [0, 0.1) is 5.92 Å². The van der Waals surface area contributed by atoms with Crippen LogP contribution in [0.15, 0.2) is 67.3 Å². The maximum atomic E-state index is 12.5. The molecule has 0 aliphatic heterocycles. The number of rotatable bonds is 7. The lowest BCUT2D eigenvalue weighted by molar-refractivity contribution is -0.125. The van der Waals surface area contributed by atoms with Crippen LogP contribution in [0.3, 0.4) is 0 Å². The summed E-state index contributed by atoms with van der Waals surface area (Å²) < 4.78 is 1.76. The molecule has 3 aromatic rings. The molecule has 1 aromatic heterocycles. The van der Waals surface area contributed by atoms with Crippen LogP contribution in [-0.4, -0.2) is 20.7 Å². The second-order valence-electron chi connectivity index (χ2n) is 6.30. The van der Waals surface area contributed by atoms with Crippen molar-refractivity contribution < 1.29 is 4.79 Å². The SMILES string of the molecule is CC(C(=O)NCc1ccccc1Cn1cncn1)C(N)c1ccccc1.Cl.Cl. The van der Waals surface area contributed by atoms with Gasteiger partial charge in [-0.15, -0.1) is 24.8 Å². The molecule has 2 aromatic carbocycles. The van der Waals surface area contributed by atoms with Crippen LogP contribution < -0.4 is 11.1 Å². The molecule has 28 heavy (non-hydrogen) atoms. The van der Waals surface area contributed by atoms with Crippen molar-refractivity contribution in [2.45, 2.75) is 26.1 Å². The molecule has 0 spiro atoms. The molecular weight excluding hydrogens is 397 g/mol. The molecule has 3 N–H and O–H groups in total. The third-order valence-corrected chi connectivity index (χ3v) is 4.51. The molecule has 0 radical (unpaired) electrons. The molecule has 3 rings (SSSR count). The number of benzene rings is 2. The largest absolute Gasteiger partial charge is 0.352 e. The van der Waals surface area contributed by atoms with Crippen LogP contribution in [0.2, 0.25) is 0 Å². The summed E-state index contributed by atoms with van der Waals surface area (Å²) in [5.41, 5.74) is 9.36. The highest BCUT2D eigenvalue weighted by molar-refractivity contribution is 5.85. The standard InChI is InChI=1S/C20H23N5O.2ClH/c1-15(19(21)16-7-3-2-4-8-16)20(26)23-11-17-9-5-6-10-18(17)12-25-14-22-13-24-25;;/h2-10,13-15,19H,11-12,21H2,1H3,(H,23,26);2*1H. The highest BCUT2D eigenvalue weighted by Crippen LogP contribution is 2.19. The van der Waals surface area contributed by atoms with Crippen LogP contribution in [0.4, 0.5) is 0 Å². The molecule has 0 aliphatic carbocycles. The van der Waals surface area contributed by atoms with Crippen molar-refractivity contribution >= 4 is 30.7 Å². The smallest absolute Gasteiger partial charge is 0.225 e. The minimum Gasteiger partial charge on any atom is -0.352 e. The first-order valence-electron chi connectivity index (χ1n) is 8.62. The summed E-state index contributed by atoms with van der Waals surface area (Å²) in [4.78, 5) is 16.5. The van der Waals surface area contributed by atoms with Gasteiger partial charge in [-0.1, -0.05) is 61.5 Å². The van der Waals surface area contributed by atoms with Gasteiger partial charge in [0.1, 0.15) is 12.7 Å². The molecule has 1 amide bonds. The van der Waals surface area contributed by atoms with E-state index in [0.29, 0.717) is 13.1 Å². The number of nitrogens with two attached hydrogens (primary N) is 1. The Balaban J connectivity index is 0.00000196.